The van der Waals surface area contributed by atoms with E-state index < -0.39 is 5.60 Å². The molecule has 0 spiro atoms. The summed E-state index contributed by atoms with van der Waals surface area (Å²) in [5.41, 5.74) is 0.408. The molecule has 2 rings (SSSR count). The first-order valence-electron chi connectivity index (χ1n) is 10.4. The largest absolute Gasteiger partial charge is 0.444 e. The number of halogens is 1. The van der Waals surface area contributed by atoms with Crippen molar-refractivity contribution in [1.82, 2.24) is 16.0 Å². The van der Waals surface area contributed by atoms with Gasteiger partial charge in [0.25, 0.3) is 0 Å². The van der Waals surface area contributed by atoms with Crippen molar-refractivity contribution in [2.45, 2.75) is 70.2 Å². The molecule has 30 heavy (non-hydrogen) atoms. The quantitative estimate of drug-likeness (QED) is 0.483. The number of hydrogen-bond acceptors (Lipinski definition) is 4. The van der Waals surface area contributed by atoms with Crippen molar-refractivity contribution in [2.24, 2.45) is 4.99 Å². The number of aliphatic imine (C=N–C) groups is 1. The second-order valence-corrected chi connectivity index (χ2v) is 8.57. The second-order valence-electron chi connectivity index (χ2n) is 8.57. The van der Waals surface area contributed by atoms with E-state index in [1.54, 1.807) is 26.3 Å². The minimum atomic E-state index is -0.491. The minimum Gasteiger partial charge on any atom is -0.444 e. The lowest BCUT2D eigenvalue weighted by Crippen LogP contribution is -2.48. The molecule has 7 nitrogen and oxygen atoms in total. The number of alkyl carbamates (subject to hydrolysis) is 1. The van der Waals surface area contributed by atoms with E-state index in [0.717, 1.165) is 31.2 Å². The second kappa shape index (κ2) is 11.2. The van der Waals surface area contributed by atoms with E-state index in [1.807, 2.05) is 20.8 Å². The third kappa shape index (κ3) is 8.18. The van der Waals surface area contributed by atoms with Crippen molar-refractivity contribution in [3.63, 3.8) is 0 Å². The molecule has 1 aliphatic rings. The first-order valence-corrected chi connectivity index (χ1v) is 10.4. The van der Waals surface area contributed by atoms with E-state index in [0.29, 0.717) is 12.5 Å². The zero-order valence-electron chi connectivity index (χ0n) is 18.6. The summed E-state index contributed by atoms with van der Waals surface area (Å²) in [5.74, 6) is 0.429. The van der Waals surface area contributed by atoms with Crippen molar-refractivity contribution in [3.8, 4) is 0 Å². The number of carbonyl (C=O) groups excluding carboxylic acids is 1. The Hall–Kier alpha value is -2.35. The summed E-state index contributed by atoms with van der Waals surface area (Å²) in [4.78, 5) is 16.2. The Bertz CT molecular complexity index is 695. The molecule has 0 aromatic heterocycles. The summed E-state index contributed by atoms with van der Waals surface area (Å²) in [7, 11) is 3.36. The summed E-state index contributed by atoms with van der Waals surface area (Å²) in [6.07, 6.45) is 3.04. The van der Waals surface area contributed by atoms with E-state index in [9.17, 15) is 9.18 Å². The molecule has 3 N–H and O–H groups in total. The van der Waals surface area contributed by atoms with Gasteiger partial charge in [0.05, 0.1) is 6.10 Å². The van der Waals surface area contributed by atoms with E-state index in [2.05, 4.69) is 20.9 Å². The van der Waals surface area contributed by atoms with Gasteiger partial charge in [-0.3, -0.25) is 4.99 Å². The van der Waals surface area contributed by atoms with Crippen LogP contribution in [0.3, 0.4) is 0 Å². The molecule has 8 heteroatoms. The standard InChI is InChI=1S/C22H35FN4O3/c1-22(2,3)30-21(28)27-18-12-10-17(11-13-18)26-20(24-4)25-14-19(29-5)15-6-8-16(23)9-7-15/h6-9,17-19H,10-14H2,1-5H3,(H,27,28)(H2,24,25,26). The molecule has 0 radical (unpaired) electrons. The fourth-order valence-electron chi connectivity index (χ4n) is 3.45. The summed E-state index contributed by atoms with van der Waals surface area (Å²) in [6, 6.07) is 6.71. The number of hydrogen-bond donors (Lipinski definition) is 3. The predicted molar refractivity (Wildman–Crippen MR) is 116 cm³/mol. The van der Waals surface area contributed by atoms with Gasteiger partial charge in [0.1, 0.15) is 11.4 Å². The van der Waals surface area contributed by atoms with Gasteiger partial charge in [-0.2, -0.15) is 0 Å². The Morgan fingerprint density at radius 3 is 2.20 bits per heavy atom. The number of nitrogens with one attached hydrogen (secondary N) is 3. The number of rotatable bonds is 6. The number of carbonyl (C=O) groups is 1. The molecule has 168 valence electrons. The highest BCUT2D eigenvalue weighted by molar-refractivity contribution is 5.80. The van der Waals surface area contributed by atoms with Gasteiger partial charge < -0.3 is 25.4 Å². The summed E-state index contributed by atoms with van der Waals surface area (Å²) in [6.45, 7) is 6.08. The van der Waals surface area contributed by atoms with Crippen LogP contribution in [-0.4, -0.2) is 50.4 Å². The molecular weight excluding hydrogens is 387 g/mol. The van der Waals surface area contributed by atoms with Crippen LogP contribution in [0.25, 0.3) is 0 Å². The van der Waals surface area contributed by atoms with Gasteiger partial charge in [-0.05, 0) is 64.2 Å². The highest BCUT2D eigenvalue weighted by atomic mass is 19.1. The van der Waals surface area contributed by atoms with Crippen molar-refractivity contribution in [1.29, 1.82) is 0 Å². The Labute approximate surface area is 178 Å². The molecule has 1 atom stereocenters. The zero-order valence-corrected chi connectivity index (χ0v) is 18.6. The number of benzene rings is 1. The normalized spacial score (nSPS) is 20.9. The van der Waals surface area contributed by atoms with E-state index >= 15 is 0 Å². The highest BCUT2D eigenvalue weighted by Crippen LogP contribution is 2.20. The molecule has 1 aromatic rings. The van der Waals surface area contributed by atoms with Crippen LogP contribution in [-0.2, 0) is 9.47 Å². The maximum atomic E-state index is 13.1. The SMILES string of the molecule is CN=C(NCC(OC)c1ccc(F)cc1)NC1CCC(NC(=O)OC(C)(C)C)CC1. The Morgan fingerprint density at radius 2 is 1.70 bits per heavy atom. The Kier molecular flexibility index (Phi) is 8.89. The van der Waals surface area contributed by atoms with Crippen LogP contribution in [0.15, 0.2) is 29.3 Å². The first kappa shape index (κ1) is 23.9. The minimum absolute atomic E-state index is 0.129. The summed E-state index contributed by atoms with van der Waals surface area (Å²) < 4.78 is 24.0. The molecule has 1 aromatic carbocycles. The topological polar surface area (TPSA) is 84.0 Å². The molecule has 0 heterocycles. The van der Waals surface area contributed by atoms with Crippen LogP contribution in [0, 0.1) is 5.82 Å². The van der Waals surface area contributed by atoms with Gasteiger partial charge in [-0.25, -0.2) is 9.18 Å². The maximum Gasteiger partial charge on any atom is 0.407 e. The van der Waals surface area contributed by atoms with Crippen LogP contribution in [0.1, 0.15) is 58.1 Å². The molecule has 0 bridgehead atoms. The number of ether oxygens (including phenoxy) is 2. The number of nitrogens with zero attached hydrogens (tertiary/aromatic N) is 1. The van der Waals surface area contributed by atoms with Crippen molar-refractivity contribution >= 4 is 12.1 Å². The molecule has 1 amide bonds. The van der Waals surface area contributed by atoms with Crippen LogP contribution in [0.2, 0.25) is 0 Å². The van der Waals surface area contributed by atoms with Crippen molar-refractivity contribution in [2.75, 3.05) is 20.7 Å². The van der Waals surface area contributed by atoms with Gasteiger partial charge in [0, 0.05) is 32.8 Å². The van der Waals surface area contributed by atoms with Crippen molar-refractivity contribution in [3.05, 3.63) is 35.6 Å². The lowest BCUT2D eigenvalue weighted by atomic mass is 9.91. The molecule has 0 saturated heterocycles. The third-order valence-electron chi connectivity index (χ3n) is 4.99. The average Bonchev–Trinajstić information content (AvgIpc) is 2.68. The third-order valence-corrected chi connectivity index (χ3v) is 4.99. The summed E-state index contributed by atoms with van der Waals surface area (Å²) >= 11 is 0. The number of methoxy groups -OCH3 is 1. The van der Waals surface area contributed by atoms with Gasteiger partial charge in [0.15, 0.2) is 5.96 Å². The average molecular weight is 423 g/mol. The summed E-state index contributed by atoms with van der Waals surface area (Å²) in [5, 5.41) is 9.67. The maximum absolute atomic E-state index is 13.1. The van der Waals surface area contributed by atoms with E-state index in [4.69, 9.17) is 9.47 Å². The van der Waals surface area contributed by atoms with Crippen LogP contribution < -0.4 is 16.0 Å². The zero-order chi connectivity index (χ0) is 22.1. The molecule has 1 unspecified atom stereocenters. The number of amides is 1. The predicted octanol–water partition coefficient (Wildman–Crippen LogP) is 3.51. The van der Waals surface area contributed by atoms with Gasteiger partial charge in [-0.1, -0.05) is 12.1 Å². The van der Waals surface area contributed by atoms with Gasteiger partial charge in [0.2, 0.25) is 0 Å². The first-order chi connectivity index (χ1) is 14.2. The molecular formula is C22H35FN4O3. The molecule has 0 aliphatic heterocycles. The lowest BCUT2D eigenvalue weighted by Gasteiger charge is -2.31. The van der Waals surface area contributed by atoms with Crippen LogP contribution in [0.5, 0.6) is 0 Å². The van der Waals surface area contributed by atoms with Crippen LogP contribution in [0.4, 0.5) is 9.18 Å². The monoisotopic (exact) mass is 422 g/mol. The fourth-order valence-corrected chi connectivity index (χ4v) is 3.45. The Morgan fingerprint density at radius 1 is 1.13 bits per heavy atom. The smallest absolute Gasteiger partial charge is 0.407 e. The van der Waals surface area contributed by atoms with Crippen LogP contribution >= 0.6 is 0 Å². The fraction of sp³-hybridized carbons (Fsp3) is 0.636. The van der Waals surface area contributed by atoms with E-state index in [1.165, 1.54) is 12.1 Å². The Balaban J connectivity index is 1.76. The molecule has 1 saturated carbocycles. The van der Waals surface area contributed by atoms with Gasteiger partial charge in [-0.15, -0.1) is 0 Å². The van der Waals surface area contributed by atoms with Gasteiger partial charge >= 0.3 is 6.09 Å². The number of guanidine groups is 1. The van der Waals surface area contributed by atoms with Crippen molar-refractivity contribution < 1.29 is 18.7 Å². The highest BCUT2D eigenvalue weighted by Gasteiger charge is 2.25. The lowest BCUT2D eigenvalue weighted by molar-refractivity contribution is 0.0490. The molecule has 1 aliphatic carbocycles. The van der Waals surface area contributed by atoms with E-state index in [-0.39, 0.29) is 30.1 Å². The molecule has 1 fully saturated rings.